The van der Waals surface area contributed by atoms with Crippen molar-refractivity contribution in [3.8, 4) is 0 Å². The van der Waals surface area contributed by atoms with Crippen LogP contribution in [-0.2, 0) is 14.3 Å². The van der Waals surface area contributed by atoms with Crippen LogP contribution in [0.5, 0.6) is 0 Å². The summed E-state index contributed by atoms with van der Waals surface area (Å²) in [7, 11) is 0. The maximum absolute atomic E-state index is 11.6. The Labute approximate surface area is 95.2 Å². The monoisotopic (exact) mass is 229 g/mol. The number of rotatable bonds is 5. The summed E-state index contributed by atoms with van der Waals surface area (Å²) < 4.78 is 5.10. The average molecular weight is 229 g/mol. The summed E-state index contributed by atoms with van der Waals surface area (Å²) in [5.41, 5.74) is 0. The first-order chi connectivity index (χ1) is 7.52. The number of hydrogen-bond acceptors (Lipinski definition) is 3. The first kappa shape index (κ1) is 13.0. The summed E-state index contributed by atoms with van der Waals surface area (Å²) in [5, 5.41) is 11.6. The number of carbonyl (C=O) groups is 2. The van der Waals surface area contributed by atoms with E-state index >= 15 is 0 Å². The topological polar surface area (TPSA) is 75.6 Å². The number of amides is 1. The fourth-order valence-corrected chi connectivity index (χ4v) is 1.70. The number of carboxylic acid groups (broad SMARTS) is 1. The van der Waals surface area contributed by atoms with Crippen LogP contribution in [-0.4, -0.2) is 36.7 Å². The van der Waals surface area contributed by atoms with Gasteiger partial charge in [-0.3, -0.25) is 9.59 Å². The van der Waals surface area contributed by atoms with Crippen LogP contribution in [0.3, 0.4) is 0 Å². The van der Waals surface area contributed by atoms with Crippen molar-refractivity contribution in [2.24, 2.45) is 17.8 Å². The van der Waals surface area contributed by atoms with Gasteiger partial charge in [-0.25, -0.2) is 0 Å². The highest BCUT2D eigenvalue weighted by Crippen LogP contribution is 2.13. The van der Waals surface area contributed by atoms with Crippen LogP contribution in [0.1, 0.15) is 20.3 Å². The fraction of sp³-hybridized carbons (Fsp3) is 0.818. The van der Waals surface area contributed by atoms with Gasteiger partial charge in [0.25, 0.3) is 0 Å². The van der Waals surface area contributed by atoms with Gasteiger partial charge in [0.15, 0.2) is 0 Å². The van der Waals surface area contributed by atoms with Gasteiger partial charge in [0.1, 0.15) is 0 Å². The van der Waals surface area contributed by atoms with Crippen molar-refractivity contribution >= 4 is 11.9 Å². The molecule has 16 heavy (non-hydrogen) atoms. The Morgan fingerprint density at radius 3 is 2.62 bits per heavy atom. The van der Waals surface area contributed by atoms with Crippen molar-refractivity contribution in [3.05, 3.63) is 0 Å². The number of hydrogen-bond donors (Lipinski definition) is 2. The predicted molar refractivity (Wildman–Crippen MR) is 57.9 cm³/mol. The molecule has 0 aromatic rings. The van der Waals surface area contributed by atoms with Gasteiger partial charge in [0.2, 0.25) is 5.91 Å². The second kappa shape index (κ2) is 5.84. The molecule has 5 heteroatoms. The number of ether oxygens (including phenoxy) is 1. The van der Waals surface area contributed by atoms with Gasteiger partial charge in [-0.15, -0.1) is 0 Å². The molecule has 2 N–H and O–H groups in total. The van der Waals surface area contributed by atoms with Crippen LogP contribution < -0.4 is 5.32 Å². The minimum Gasteiger partial charge on any atom is -0.481 e. The molecule has 1 amide bonds. The molecule has 5 nitrogen and oxygen atoms in total. The average Bonchev–Trinajstić information content (AvgIpc) is 2.69. The molecular formula is C11H19NO4. The minimum atomic E-state index is -0.863. The van der Waals surface area contributed by atoms with Crippen LogP contribution in [0.2, 0.25) is 0 Å². The third kappa shape index (κ3) is 3.48. The van der Waals surface area contributed by atoms with Crippen molar-refractivity contribution < 1.29 is 19.4 Å². The summed E-state index contributed by atoms with van der Waals surface area (Å²) in [6, 6.07) is 0. The number of nitrogens with one attached hydrogen (secondary N) is 1. The zero-order valence-corrected chi connectivity index (χ0v) is 9.73. The molecule has 1 saturated heterocycles. The van der Waals surface area contributed by atoms with Gasteiger partial charge in [0, 0.05) is 13.2 Å². The molecule has 0 aromatic carbocycles. The van der Waals surface area contributed by atoms with Gasteiger partial charge < -0.3 is 15.2 Å². The Kier molecular flexibility index (Phi) is 4.73. The molecule has 92 valence electrons. The van der Waals surface area contributed by atoms with Crippen molar-refractivity contribution in [2.75, 3.05) is 19.8 Å². The van der Waals surface area contributed by atoms with E-state index in [4.69, 9.17) is 9.84 Å². The highest BCUT2D eigenvalue weighted by molar-refractivity contribution is 5.80. The maximum Gasteiger partial charge on any atom is 0.308 e. The Balaban J connectivity index is 2.36. The molecule has 1 rings (SSSR count). The van der Waals surface area contributed by atoms with Crippen LogP contribution in [0, 0.1) is 17.8 Å². The van der Waals surface area contributed by atoms with Crippen molar-refractivity contribution in [1.29, 1.82) is 0 Å². The third-order valence-corrected chi connectivity index (χ3v) is 2.92. The van der Waals surface area contributed by atoms with Crippen LogP contribution in [0.25, 0.3) is 0 Å². The Hall–Kier alpha value is -1.10. The van der Waals surface area contributed by atoms with Gasteiger partial charge >= 0.3 is 5.97 Å². The molecule has 1 aliphatic heterocycles. The second-order valence-corrected chi connectivity index (χ2v) is 4.49. The van der Waals surface area contributed by atoms with Gasteiger partial charge in [0.05, 0.1) is 18.4 Å². The molecular weight excluding hydrogens is 210 g/mol. The van der Waals surface area contributed by atoms with E-state index in [-0.39, 0.29) is 24.3 Å². The lowest BCUT2D eigenvalue weighted by molar-refractivity contribution is -0.143. The summed E-state index contributed by atoms with van der Waals surface area (Å²) in [6.45, 7) is 4.94. The molecule has 0 saturated carbocycles. The Bertz CT molecular complexity index is 259. The molecule has 0 bridgehead atoms. The van der Waals surface area contributed by atoms with Gasteiger partial charge in [-0.2, -0.15) is 0 Å². The van der Waals surface area contributed by atoms with E-state index in [1.54, 1.807) is 0 Å². The van der Waals surface area contributed by atoms with E-state index in [1.165, 1.54) is 0 Å². The zero-order chi connectivity index (χ0) is 12.1. The molecule has 1 aliphatic rings. The van der Waals surface area contributed by atoms with Crippen molar-refractivity contribution in [3.63, 3.8) is 0 Å². The van der Waals surface area contributed by atoms with Crippen LogP contribution in [0.15, 0.2) is 0 Å². The first-order valence-electron chi connectivity index (χ1n) is 5.60. The SMILES string of the molecule is CC(C)C(CNC(=O)C1CCOC1)C(=O)O. The lowest BCUT2D eigenvalue weighted by Gasteiger charge is -2.17. The lowest BCUT2D eigenvalue weighted by atomic mass is 9.96. The third-order valence-electron chi connectivity index (χ3n) is 2.92. The van der Waals surface area contributed by atoms with Gasteiger partial charge in [-0.1, -0.05) is 13.8 Å². The lowest BCUT2D eigenvalue weighted by Crippen LogP contribution is -2.38. The highest BCUT2D eigenvalue weighted by atomic mass is 16.5. The molecule has 2 atom stereocenters. The number of carboxylic acids is 1. The molecule has 0 radical (unpaired) electrons. The largest absolute Gasteiger partial charge is 0.481 e. The molecule has 1 heterocycles. The standard InChI is InChI=1S/C11H19NO4/c1-7(2)9(11(14)15)5-12-10(13)8-3-4-16-6-8/h7-9H,3-6H2,1-2H3,(H,12,13)(H,14,15). The van der Waals surface area contributed by atoms with Crippen LogP contribution in [0.4, 0.5) is 0 Å². The van der Waals surface area contributed by atoms with Gasteiger partial charge in [-0.05, 0) is 12.3 Å². The number of carbonyl (C=O) groups excluding carboxylic acids is 1. The van der Waals surface area contributed by atoms with Crippen molar-refractivity contribution in [1.82, 2.24) is 5.32 Å². The van der Waals surface area contributed by atoms with Crippen LogP contribution >= 0.6 is 0 Å². The normalized spacial score (nSPS) is 22.1. The van der Waals surface area contributed by atoms with E-state index < -0.39 is 11.9 Å². The van der Waals surface area contributed by atoms with E-state index in [2.05, 4.69) is 5.32 Å². The predicted octanol–water partition coefficient (Wildman–Crippen LogP) is 0.496. The Morgan fingerprint density at radius 1 is 1.50 bits per heavy atom. The van der Waals surface area contributed by atoms with E-state index in [0.717, 1.165) is 6.42 Å². The smallest absolute Gasteiger partial charge is 0.308 e. The van der Waals surface area contributed by atoms with E-state index in [9.17, 15) is 9.59 Å². The zero-order valence-electron chi connectivity index (χ0n) is 9.73. The molecule has 1 fully saturated rings. The summed E-state index contributed by atoms with van der Waals surface area (Å²) in [6.07, 6.45) is 0.727. The fourth-order valence-electron chi connectivity index (χ4n) is 1.70. The quantitative estimate of drug-likeness (QED) is 0.719. The Morgan fingerprint density at radius 2 is 2.19 bits per heavy atom. The van der Waals surface area contributed by atoms with E-state index in [0.29, 0.717) is 13.2 Å². The highest BCUT2D eigenvalue weighted by Gasteiger charge is 2.26. The van der Waals surface area contributed by atoms with E-state index in [1.807, 2.05) is 13.8 Å². The molecule has 2 unspecified atom stereocenters. The summed E-state index contributed by atoms with van der Waals surface area (Å²) >= 11 is 0. The molecule has 0 aromatic heterocycles. The maximum atomic E-state index is 11.6. The molecule has 0 spiro atoms. The first-order valence-corrected chi connectivity index (χ1v) is 5.60. The minimum absolute atomic E-state index is 0.0117. The molecule has 0 aliphatic carbocycles. The second-order valence-electron chi connectivity index (χ2n) is 4.49. The van der Waals surface area contributed by atoms with Crippen molar-refractivity contribution in [2.45, 2.75) is 20.3 Å². The number of aliphatic carboxylic acids is 1. The summed E-state index contributed by atoms with van der Waals surface area (Å²) in [4.78, 5) is 22.5. The summed E-state index contributed by atoms with van der Waals surface area (Å²) in [5.74, 6) is -1.58.